The summed E-state index contributed by atoms with van der Waals surface area (Å²) < 4.78 is 40.3. The van der Waals surface area contributed by atoms with E-state index in [-0.39, 0.29) is 49.1 Å². The first kappa shape index (κ1) is 19.9. The normalized spacial score (nSPS) is 15.4. The summed E-state index contributed by atoms with van der Waals surface area (Å²) in [5.41, 5.74) is 0.107. The van der Waals surface area contributed by atoms with Gasteiger partial charge in [-0.3, -0.25) is 14.9 Å². The Morgan fingerprint density at radius 1 is 1.04 bits per heavy atom. The van der Waals surface area contributed by atoms with Crippen LogP contribution in [0.2, 0.25) is 0 Å². The van der Waals surface area contributed by atoms with Gasteiger partial charge < -0.3 is 4.90 Å². The summed E-state index contributed by atoms with van der Waals surface area (Å²) in [4.78, 5) is 23.9. The number of rotatable bonds is 5. The second-order valence-electron chi connectivity index (χ2n) is 6.30. The highest BCUT2D eigenvalue weighted by atomic mass is 32.2. The number of hydrogen-bond donors (Lipinski definition) is 0. The maximum atomic E-state index is 13.7. The number of piperazine rings is 1. The predicted octanol–water partition coefficient (Wildman–Crippen LogP) is 1.81. The zero-order valence-electron chi connectivity index (χ0n) is 14.8. The second-order valence-corrected chi connectivity index (χ2v) is 8.24. The molecule has 28 heavy (non-hydrogen) atoms. The average Bonchev–Trinajstić information content (AvgIpc) is 2.70. The third-order valence-electron chi connectivity index (χ3n) is 4.58. The van der Waals surface area contributed by atoms with E-state index in [0.717, 1.165) is 12.1 Å². The molecule has 0 atom stereocenters. The molecule has 0 saturated carbocycles. The first-order chi connectivity index (χ1) is 13.3. The highest BCUT2D eigenvalue weighted by Crippen LogP contribution is 2.21. The van der Waals surface area contributed by atoms with Gasteiger partial charge in [0.1, 0.15) is 5.82 Å². The third-order valence-corrected chi connectivity index (χ3v) is 6.49. The molecule has 1 saturated heterocycles. The molecule has 1 aliphatic heterocycles. The van der Waals surface area contributed by atoms with E-state index in [2.05, 4.69) is 0 Å². The fraction of sp³-hybridized carbons (Fsp3) is 0.278. The quantitative estimate of drug-likeness (QED) is 0.556. The molecule has 148 valence electrons. The van der Waals surface area contributed by atoms with E-state index < -0.39 is 20.8 Å². The predicted molar refractivity (Wildman–Crippen MR) is 98.5 cm³/mol. The molecule has 0 unspecified atom stereocenters. The van der Waals surface area contributed by atoms with Crippen LogP contribution in [0.5, 0.6) is 0 Å². The van der Waals surface area contributed by atoms with Crippen LogP contribution in [-0.4, -0.2) is 54.6 Å². The molecule has 1 fully saturated rings. The van der Waals surface area contributed by atoms with Gasteiger partial charge in [0, 0.05) is 38.3 Å². The second kappa shape index (κ2) is 8.03. The topological polar surface area (TPSA) is 101 Å². The van der Waals surface area contributed by atoms with Gasteiger partial charge in [-0.25, -0.2) is 12.8 Å². The van der Waals surface area contributed by atoms with Crippen LogP contribution in [0, 0.1) is 15.9 Å². The van der Waals surface area contributed by atoms with Crippen LogP contribution in [0.15, 0.2) is 53.4 Å². The summed E-state index contributed by atoms with van der Waals surface area (Å²) in [6.45, 7) is 0.587. The number of carbonyl (C=O) groups excluding carboxylic acids is 1. The molecule has 0 bridgehead atoms. The van der Waals surface area contributed by atoms with Crippen LogP contribution >= 0.6 is 0 Å². The van der Waals surface area contributed by atoms with Crippen molar-refractivity contribution in [3.05, 3.63) is 70.0 Å². The van der Waals surface area contributed by atoms with Gasteiger partial charge in [0.2, 0.25) is 15.9 Å². The molecule has 10 heteroatoms. The summed E-state index contributed by atoms with van der Waals surface area (Å²) in [5.74, 6) is -0.715. The van der Waals surface area contributed by atoms with Gasteiger partial charge in [0.05, 0.1) is 16.2 Å². The van der Waals surface area contributed by atoms with E-state index in [1.54, 1.807) is 18.2 Å². The van der Waals surface area contributed by atoms with Crippen LogP contribution in [0.1, 0.15) is 5.56 Å². The number of nitro groups is 1. The summed E-state index contributed by atoms with van der Waals surface area (Å²) in [6.07, 6.45) is -0.0816. The van der Waals surface area contributed by atoms with Crippen LogP contribution in [0.25, 0.3) is 0 Å². The standard InChI is InChI=1S/C18H18FN3O5S/c19-17-4-2-1-3-14(17)13-18(23)20-9-11-21(12-10-20)28(26,27)16-7-5-15(6-8-16)22(24)25/h1-8H,9-13H2. The first-order valence-electron chi connectivity index (χ1n) is 8.55. The molecule has 1 heterocycles. The van der Waals surface area contributed by atoms with E-state index in [1.807, 2.05) is 0 Å². The zero-order valence-corrected chi connectivity index (χ0v) is 15.6. The molecule has 2 aromatic rings. The smallest absolute Gasteiger partial charge is 0.269 e. The fourth-order valence-electron chi connectivity index (χ4n) is 2.98. The van der Waals surface area contributed by atoms with Crippen molar-refractivity contribution in [2.45, 2.75) is 11.3 Å². The molecule has 0 aromatic heterocycles. The van der Waals surface area contributed by atoms with Crippen LogP contribution in [-0.2, 0) is 21.2 Å². The van der Waals surface area contributed by atoms with Crippen molar-refractivity contribution in [3.63, 3.8) is 0 Å². The molecule has 8 nitrogen and oxygen atoms in total. The minimum absolute atomic E-state index is 0.0377. The lowest BCUT2D eigenvalue weighted by molar-refractivity contribution is -0.384. The molecule has 1 amide bonds. The van der Waals surface area contributed by atoms with Crippen LogP contribution < -0.4 is 0 Å². The molecule has 1 aliphatic rings. The number of nitrogens with zero attached hydrogens (tertiary/aromatic N) is 3. The van der Waals surface area contributed by atoms with Crippen molar-refractivity contribution >= 4 is 21.6 Å². The number of halogens is 1. The van der Waals surface area contributed by atoms with E-state index in [0.29, 0.717) is 5.56 Å². The van der Waals surface area contributed by atoms with E-state index in [1.165, 1.54) is 27.4 Å². The highest BCUT2D eigenvalue weighted by Gasteiger charge is 2.30. The van der Waals surface area contributed by atoms with Gasteiger partial charge in [-0.1, -0.05) is 18.2 Å². The third kappa shape index (κ3) is 4.18. The number of hydrogen-bond acceptors (Lipinski definition) is 5. The molecule has 0 spiro atoms. The van der Waals surface area contributed by atoms with Gasteiger partial charge in [-0.15, -0.1) is 0 Å². The Labute approximate surface area is 161 Å². The van der Waals surface area contributed by atoms with Crippen molar-refractivity contribution in [2.75, 3.05) is 26.2 Å². The Balaban J connectivity index is 1.63. The van der Waals surface area contributed by atoms with Crippen molar-refractivity contribution in [3.8, 4) is 0 Å². The molecule has 2 aromatic carbocycles. The van der Waals surface area contributed by atoms with Crippen molar-refractivity contribution in [1.29, 1.82) is 0 Å². The van der Waals surface area contributed by atoms with Gasteiger partial charge >= 0.3 is 0 Å². The minimum Gasteiger partial charge on any atom is -0.340 e. The molecule has 0 radical (unpaired) electrons. The minimum atomic E-state index is -3.81. The van der Waals surface area contributed by atoms with Gasteiger partial charge in [0.15, 0.2) is 0 Å². The zero-order chi connectivity index (χ0) is 20.3. The van der Waals surface area contributed by atoms with Crippen LogP contribution in [0.4, 0.5) is 10.1 Å². The van der Waals surface area contributed by atoms with Crippen LogP contribution in [0.3, 0.4) is 0 Å². The molecular weight excluding hydrogens is 389 g/mol. The Kier molecular flexibility index (Phi) is 5.71. The first-order valence-corrected chi connectivity index (χ1v) is 9.99. The van der Waals surface area contributed by atoms with Gasteiger partial charge in [-0.2, -0.15) is 4.31 Å². The Bertz CT molecular complexity index is 987. The summed E-state index contributed by atoms with van der Waals surface area (Å²) in [5, 5.41) is 10.7. The summed E-state index contributed by atoms with van der Waals surface area (Å²) in [6, 6.07) is 10.7. The van der Waals surface area contributed by atoms with Crippen molar-refractivity contribution in [2.24, 2.45) is 0 Å². The average molecular weight is 407 g/mol. The van der Waals surface area contributed by atoms with E-state index in [9.17, 15) is 27.7 Å². The fourth-order valence-corrected chi connectivity index (χ4v) is 4.41. The summed E-state index contributed by atoms with van der Waals surface area (Å²) >= 11 is 0. The maximum absolute atomic E-state index is 13.7. The lowest BCUT2D eigenvalue weighted by Crippen LogP contribution is -2.50. The number of benzene rings is 2. The Morgan fingerprint density at radius 2 is 1.64 bits per heavy atom. The van der Waals surface area contributed by atoms with E-state index >= 15 is 0 Å². The SMILES string of the molecule is O=C(Cc1ccccc1F)N1CCN(S(=O)(=O)c2ccc([N+](=O)[O-])cc2)CC1. The lowest BCUT2D eigenvalue weighted by atomic mass is 10.1. The number of carbonyl (C=O) groups is 1. The largest absolute Gasteiger partial charge is 0.340 e. The number of amides is 1. The molecule has 0 N–H and O–H groups in total. The molecule has 0 aliphatic carbocycles. The molecule has 3 rings (SSSR count). The highest BCUT2D eigenvalue weighted by molar-refractivity contribution is 7.89. The number of sulfonamides is 1. The maximum Gasteiger partial charge on any atom is 0.269 e. The molecular formula is C18H18FN3O5S. The van der Waals surface area contributed by atoms with E-state index in [4.69, 9.17) is 0 Å². The van der Waals surface area contributed by atoms with Crippen molar-refractivity contribution < 1.29 is 22.5 Å². The Hall–Kier alpha value is -2.85. The lowest BCUT2D eigenvalue weighted by Gasteiger charge is -2.34. The summed E-state index contributed by atoms with van der Waals surface area (Å²) in [7, 11) is -3.81. The van der Waals surface area contributed by atoms with Gasteiger partial charge in [0.25, 0.3) is 5.69 Å². The number of nitro benzene ring substituents is 1. The monoisotopic (exact) mass is 407 g/mol. The number of non-ortho nitro benzene ring substituents is 1. The Morgan fingerprint density at radius 3 is 2.21 bits per heavy atom. The van der Waals surface area contributed by atoms with Crippen molar-refractivity contribution in [1.82, 2.24) is 9.21 Å². The van der Waals surface area contributed by atoms with Gasteiger partial charge in [-0.05, 0) is 23.8 Å².